The van der Waals surface area contributed by atoms with Crippen molar-refractivity contribution >= 4 is 21.6 Å². The number of aryl methyl sites for hydroxylation is 4. The molecule has 0 unspecified atom stereocenters. The molecule has 1 N–H and O–H groups in total. The van der Waals surface area contributed by atoms with Gasteiger partial charge in [0.25, 0.3) is 0 Å². The molecule has 0 bridgehead atoms. The molecule has 0 heterocycles. The Kier molecular flexibility index (Phi) is 8.07. The van der Waals surface area contributed by atoms with Crippen LogP contribution in [0, 0.1) is 13.8 Å². The van der Waals surface area contributed by atoms with Gasteiger partial charge in [-0.2, -0.15) is 0 Å². The maximum atomic E-state index is 13.1. The van der Waals surface area contributed by atoms with E-state index in [1.165, 1.54) is 15.4 Å². The number of anilines is 1. The Morgan fingerprint density at radius 1 is 0.967 bits per heavy atom. The number of nitrogens with one attached hydrogen (secondary N) is 1. The molecule has 1 atom stereocenters. The summed E-state index contributed by atoms with van der Waals surface area (Å²) in [5.74, 6) is -0.287. The van der Waals surface area contributed by atoms with E-state index >= 15 is 0 Å². The minimum Gasteiger partial charge on any atom is -0.350 e. The molecule has 0 radical (unpaired) electrons. The number of carbonyl (C=O) groups excluding carboxylic acids is 1. The first-order valence-corrected chi connectivity index (χ1v) is 12.4. The molecule has 0 spiro atoms. The average molecular weight is 431 g/mol. The number of benzene rings is 2. The molecule has 2 rings (SSSR count). The SMILES string of the molecule is CCc1ccc(CC)c(CNC(=O)[C@@H](CC)N(c2ccc(C)c(C)c2)S(C)(=O)=O)c1. The average Bonchev–Trinajstić information content (AvgIpc) is 2.71. The molecule has 0 aliphatic heterocycles. The van der Waals surface area contributed by atoms with Gasteiger partial charge in [-0.05, 0) is 73.1 Å². The largest absolute Gasteiger partial charge is 0.350 e. The van der Waals surface area contributed by atoms with Crippen LogP contribution in [0.4, 0.5) is 5.69 Å². The molecule has 0 fully saturated rings. The lowest BCUT2D eigenvalue weighted by Gasteiger charge is -2.30. The molecule has 164 valence electrons. The van der Waals surface area contributed by atoms with Gasteiger partial charge in [0.1, 0.15) is 6.04 Å². The quantitative estimate of drug-likeness (QED) is 0.645. The smallest absolute Gasteiger partial charge is 0.244 e. The van der Waals surface area contributed by atoms with Crippen molar-refractivity contribution in [3.8, 4) is 0 Å². The predicted molar refractivity (Wildman–Crippen MR) is 124 cm³/mol. The van der Waals surface area contributed by atoms with Crippen LogP contribution < -0.4 is 9.62 Å². The molecule has 2 aromatic carbocycles. The monoisotopic (exact) mass is 430 g/mol. The van der Waals surface area contributed by atoms with Gasteiger partial charge in [0.15, 0.2) is 0 Å². The summed E-state index contributed by atoms with van der Waals surface area (Å²) in [7, 11) is -3.64. The zero-order valence-electron chi connectivity index (χ0n) is 19.0. The fourth-order valence-electron chi connectivity index (χ4n) is 3.63. The number of amides is 1. The van der Waals surface area contributed by atoms with Gasteiger partial charge in [-0.3, -0.25) is 9.10 Å². The van der Waals surface area contributed by atoms with Crippen molar-refractivity contribution in [1.82, 2.24) is 5.32 Å². The zero-order chi connectivity index (χ0) is 22.5. The second kappa shape index (κ2) is 10.1. The molecule has 0 aromatic heterocycles. The molecular weight excluding hydrogens is 396 g/mol. The van der Waals surface area contributed by atoms with Gasteiger partial charge >= 0.3 is 0 Å². The lowest BCUT2D eigenvalue weighted by atomic mass is 10.0. The Hall–Kier alpha value is -2.34. The van der Waals surface area contributed by atoms with Gasteiger partial charge in [-0.15, -0.1) is 0 Å². The minimum atomic E-state index is -3.64. The van der Waals surface area contributed by atoms with Gasteiger partial charge in [0.2, 0.25) is 15.9 Å². The van der Waals surface area contributed by atoms with Crippen LogP contribution in [-0.4, -0.2) is 26.6 Å². The second-order valence-electron chi connectivity index (χ2n) is 7.78. The number of nitrogens with zero attached hydrogens (tertiary/aromatic N) is 1. The summed E-state index contributed by atoms with van der Waals surface area (Å²) < 4.78 is 26.5. The Balaban J connectivity index is 2.31. The maximum Gasteiger partial charge on any atom is 0.244 e. The van der Waals surface area contributed by atoms with E-state index in [4.69, 9.17) is 0 Å². The van der Waals surface area contributed by atoms with E-state index < -0.39 is 16.1 Å². The maximum absolute atomic E-state index is 13.1. The number of sulfonamides is 1. The van der Waals surface area contributed by atoms with Crippen molar-refractivity contribution in [1.29, 1.82) is 0 Å². The third kappa shape index (κ3) is 5.63. The van der Waals surface area contributed by atoms with E-state index in [-0.39, 0.29) is 5.91 Å². The number of hydrogen-bond donors (Lipinski definition) is 1. The Morgan fingerprint density at radius 2 is 1.67 bits per heavy atom. The van der Waals surface area contributed by atoms with Gasteiger partial charge in [-0.1, -0.05) is 45.0 Å². The molecule has 0 aliphatic rings. The molecule has 5 nitrogen and oxygen atoms in total. The number of carbonyl (C=O) groups is 1. The lowest BCUT2D eigenvalue weighted by molar-refractivity contribution is -0.122. The summed E-state index contributed by atoms with van der Waals surface area (Å²) >= 11 is 0. The summed E-state index contributed by atoms with van der Waals surface area (Å²) in [6.45, 7) is 10.3. The molecule has 0 saturated carbocycles. The Bertz CT molecular complexity index is 1000. The highest BCUT2D eigenvalue weighted by Crippen LogP contribution is 2.25. The third-order valence-corrected chi connectivity index (χ3v) is 6.77. The fraction of sp³-hybridized carbons (Fsp3) is 0.458. The first-order valence-electron chi connectivity index (χ1n) is 10.6. The van der Waals surface area contributed by atoms with Crippen LogP contribution in [-0.2, 0) is 34.2 Å². The Labute approximate surface area is 181 Å². The summed E-state index contributed by atoms with van der Waals surface area (Å²) in [6.07, 6.45) is 3.33. The summed E-state index contributed by atoms with van der Waals surface area (Å²) in [5.41, 5.74) is 6.07. The van der Waals surface area contributed by atoms with Crippen LogP contribution in [0.15, 0.2) is 36.4 Å². The predicted octanol–water partition coefficient (Wildman–Crippen LogP) is 4.29. The normalized spacial score (nSPS) is 12.5. The first kappa shape index (κ1) is 23.9. The van der Waals surface area contributed by atoms with Gasteiger partial charge in [-0.25, -0.2) is 8.42 Å². The van der Waals surface area contributed by atoms with Crippen LogP contribution in [0.2, 0.25) is 0 Å². The number of rotatable bonds is 9. The van der Waals surface area contributed by atoms with Gasteiger partial charge in [0, 0.05) is 6.54 Å². The van der Waals surface area contributed by atoms with E-state index in [9.17, 15) is 13.2 Å². The van der Waals surface area contributed by atoms with E-state index in [1.54, 1.807) is 6.07 Å². The Morgan fingerprint density at radius 3 is 2.20 bits per heavy atom. The molecule has 6 heteroatoms. The van der Waals surface area contributed by atoms with Crippen molar-refractivity contribution in [3.63, 3.8) is 0 Å². The molecule has 1 amide bonds. The first-order chi connectivity index (χ1) is 14.1. The van der Waals surface area contributed by atoms with Crippen LogP contribution in [0.25, 0.3) is 0 Å². The van der Waals surface area contributed by atoms with Crippen LogP contribution in [0.1, 0.15) is 55.0 Å². The highest BCUT2D eigenvalue weighted by molar-refractivity contribution is 7.92. The fourth-order valence-corrected chi connectivity index (χ4v) is 4.84. The minimum absolute atomic E-state index is 0.287. The summed E-state index contributed by atoms with van der Waals surface area (Å²) in [6, 6.07) is 11.0. The van der Waals surface area contributed by atoms with Crippen molar-refractivity contribution in [2.24, 2.45) is 0 Å². The van der Waals surface area contributed by atoms with Crippen molar-refractivity contribution in [2.45, 2.75) is 66.5 Å². The second-order valence-corrected chi connectivity index (χ2v) is 9.64. The standard InChI is InChI=1S/C24H34N2O3S/c1-7-19-11-12-20(8-2)21(15-19)16-25-24(27)23(9-3)26(30(6,28)29)22-13-10-17(4)18(5)14-22/h10-15,23H,7-9,16H2,1-6H3,(H,25,27)/t23-/m1/s1. The molecular formula is C24H34N2O3S. The van der Waals surface area contributed by atoms with E-state index in [2.05, 4.69) is 37.4 Å². The van der Waals surface area contributed by atoms with Crippen molar-refractivity contribution in [2.75, 3.05) is 10.6 Å². The summed E-state index contributed by atoms with van der Waals surface area (Å²) in [5, 5.41) is 2.98. The number of hydrogen-bond acceptors (Lipinski definition) is 3. The van der Waals surface area contributed by atoms with Crippen molar-refractivity contribution < 1.29 is 13.2 Å². The molecule has 2 aromatic rings. The van der Waals surface area contributed by atoms with E-state index in [0.717, 1.165) is 35.8 Å². The highest BCUT2D eigenvalue weighted by Gasteiger charge is 2.31. The van der Waals surface area contributed by atoms with E-state index in [0.29, 0.717) is 18.7 Å². The molecule has 30 heavy (non-hydrogen) atoms. The lowest BCUT2D eigenvalue weighted by Crippen LogP contribution is -2.49. The topological polar surface area (TPSA) is 66.5 Å². The van der Waals surface area contributed by atoms with Crippen LogP contribution >= 0.6 is 0 Å². The van der Waals surface area contributed by atoms with Crippen LogP contribution in [0.3, 0.4) is 0 Å². The van der Waals surface area contributed by atoms with Crippen LogP contribution in [0.5, 0.6) is 0 Å². The van der Waals surface area contributed by atoms with Gasteiger partial charge in [0.05, 0.1) is 11.9 Å². The van der Waals surface area contributed by atoms with E-state index in [1.807, 2.05) is 32.9 Å². The third-order valence-electron chi connectivity index (χ3n) is 5.59. The van der Waals surface area contributed by atoms with Crippen molar-refractivity contribution in [3.05, 3.63) is 64.2 Å². The highest BCUT2D eigenvalue weighted by atomic mass is 32.2. The molecule has 0 aliphatic carbocycles. The molecule has 0 saturated heterocycles. The van der Waals surface area contributed by atoms with Gasteiger partial charge < -0.3 is 5.32 Å². The zero-order valence-corrected chi connectivity index (χ0v) is 19.8. The summed E-state index contributed by atoms with van der Waals surface area (Å²) in [4.78, 5) is 13.1.